The molecule has 2 rings (SSSR count). The molecule has 0 fully saturated rings. The number of nitriles is 1. The maximum absolute atomic E-state index is 12.4. The molecule has 0 unspecified atom stereocenters. The van der Waals surface area contributed by atoms with Crippen molar-refractivity contribution in [2.45, 2.75) is 6.92 Å². The summed E-state index contributed by atoms with van der Waals surface area (Å²) < 4.78 is 10.8. The maximum Gasteiger partial charge on any atom is 0.266 e. The number of nitrogens with one attached hydrogen (secondary N) is 1. The van der Waals surface area contributed by atoms with Gasteiger partial charge in [0, 0.05) is 10.7 Å². The second kappa shape index (κ2) is 9.46. The van der Waals surface area contributed by atoms with E-state index < -0.39 is 5.91 Å². The third kappa shape index (κ3) is 5.37. The number of carbonyl (C=O) groups excluding carboxylic acids is 1. The van der Waals surface area contributed by atoms with Crippen molar-refractivity contribution in [3.05, 3.63) is 70.8 Å². The lowest BCUT2D eigenvalue weighted by Crippen LogP contribution is -2.13. The van der Waals surface area contributed by atoms with Crippen LogP contribution in [-0.4, -0.2) is 19.6 Å². The highest BCUT2D eigenvalue weighted by atomic mass is 35.5. The maximum atomic E-state index is 12.4. The molecule has 5 nitrogen and oxygen atoms in total. The fourth-order valence-electron chi connectivity index (χ4n) is 2.23. The van der Waals surface area contributed by atoms with Crippen LogP contribution in [0.3, 0.4) is 0 Å². The minimum atomic E-state index is -0.525. The predicted octanol–water partition coefficient (Wildman–Crippen LogP) is 4.77. The molecule has 138 valence electrons. The van der Waals surface area contributed by atoms with Gasteiger partial charge < -0.3 is 14.8 Å². The number of benzene rings is 2. The van der Waals surface area contributed by atoms with Gasteiger partial charge >= 0.3 is 0 Å². The van der Waals surface area contributed by atoms with Gasteiger partial charge in [-0.05, 0) is 48.4 Å². The summed E-state index contributed by atoms with van der Waals surface area (Å²) in [6, 6.07) is 12.2. The Morgan fingerprint density at radius 3 is 2.70 bits per heavy atom. The molecule has 0 saturated heterocycles. The number of ether oxygens (including phenoxy) is 2. The first-order valence-electron chi connectivity index (χ1n) is 8.09. The molecular formula is C21H19ClN2O3. The summed E-state index contributed by atoms with van der Waals surface area (Å²) in [6.45, 7) is 5.81. The van der Waals surface area contributed by atoms with Gasteiger partial charge in [0.1, 0.15) is 18.2 Å². The Kier molecular flexibility index (Phi) is 7.04. The number of amides is 1. The number of hydrogen-bond acceptors (Lipinski definition) is 4. The largest absolute Gasteiger partial charge is 0.493 e. The van der Waals surface area contributed by atoms with Crippen molar-refractivity contribution < 1.29 is 14.3 Å². The molecular weight excluding hydrogens is 364 g/mol. The van der Waals surface area contributed by atoms with Gasteiger partial charge in [0.05, 0.1) is 7.11 Å². The minimum absolute atomic E-state index is 0.0477. The summed E-state index contributed by atoms with van der Waals surface area (Å²) in [5.74, 6) is 0.517. The highest BCUT2D eigenvalue weighted by Gasteiger charge is 2.12. The van der Waals surface area contributed by atoms with Gasteiger partial charge in [0.2, 0.25) is 0 Å². The normalized spacial score (nSPS) is 10.7. The Labute approximate surface area is 163 Å². The smallest absolute Gasteiger partial charge is 0.266 e. The molecule has 0 bridgehead atoms. The van der Waals surface area contributed by atoms with E-state index in [-0.39, 0.29) is 5.57 Å². The molecule has 2 aromatic carbocycles. The number of hydrogen-bond donors (Lipinski definition) is 1. The SMILES string of the molecule is C=CCOc1ccc(/C=C(\C#N)C(=O)Nc2ccc(C)c(Cl)c2)cc1OC. The van der Waals surface area contributed by atoms with E-state index in [0.29, 0.717) is 34.4 Å². The Morgan fingerprint density at radius 2 is 2.07 bits per heavy atom. The van der Waals surface area contributed by atoms with E-state index in [2.05, 4.69) is 11.9 Å². The fourth-order valence-corrected chi connectivity index (χ4v) is 2.41. The molecule has 0 heterocycles. The molecule has 6 heteroatoms. The Hall–Kier alpha value is -3.23. The average molecular weight is 383 g/mol. The lowest BCUT2D eigenvalue weighted by atomic mass is 10.1. The number of nitrogens with zero attached hydrogens (tertiary/aromatic N) is 1. The first-order chi connectivity index (χ1) is 13.0. The van der Waals surface area contributed by atoms with Gasteiger partial charge in [-0.1, -0.05) is 36.4 Å². The predicted molar refractivity (Wildman–Crippen MR) is 107 cm³/mol. The standard InChI is InChI=1S/C21H19ClN2O3/c1-4-9-27-19-8-6-15(11-20(19)26-3)10-16(13-23)21(25)24-17-7-5-14(2)18(22)12-17/h4-8,10-12H,1,9H2,2-3H3,(H,24,25)/b16-10+. The van der Waals surface area contributed by atoms with Crippen molar-refractivity contribution in [3.8, 4) is 17.6 Å². The van der Waals surface area contributed by atoms with Gasteiger partial charge in [-0.3, -0.25) is 4.79 Å². The zero-order chi connectivity index (χ0) is 19.8. The van der Waals surface area contributed by atoms with E-state index in [1.165, 1.54) is 13.2 Å². The van der Waals surface area contributed by atoms with Crippen LogP contribution in [0.15, 0.2) is 54.6 Å². The monoisotopic (exact) mass is 382 g/mol. The van der Waals surface area contributed by atoms with Crippen LogP contribution in [0, 0.1) is 18.3 Å². The van der Waals surface area contributed by atoms with Crippen molar-refractivity contribution in [3.63, 3.8) is 0 Å². The van der Waals surface area contributed by atoms with Crippen LogP contribution in [-0.2, 0) is 4.79 Å². The third-order valence-corrected chi connectivity index (χ3v) is 4.06. The summed E-state index contributed by atoms with van der Waals surface area (Å²) in [4.78, 5) is 12.4. The van der Waals surface area contributed by atoms with E-state index in [9.17, 15) is 10.1 Å². The molecule has 0 aliphatic heterocycles. The first-order valence-corrected chi connectivity index (χ1v) is 8.47. The van der Waals surface area contributed by atoms with Crippen LogP contribution < -0.4 is 14.8 Å². The van der Waals surface area contributed by atoms with E-state index in [0.717, 1.165) is 5.56 Å². The van der Waals surface area contributed by atoms with Crippen LogP contribution in [0.5, 0.6) is 11.5 Å². The number of rotatable bonds is 7. The van der Waals surface area contributed by atoms with Crippen LogP contribution in [0.1, 0.15) is 11.1 Å². The summed E-state index contributed by atoms with van der Waals surface area (Å²) >= 11 is 6.06. The van der Waals surface area contributed by atoms with Crippen molar-refractivity contribution in [2.24, 2.45) is 0 Å². The molecule has 0 atom stereocenters. The molecule has 1 N–H and O–H groups in total. The summed E-state index contributed by atoms with van der Waals surface area (Å²) in [7, 11) is 1.52. The van der Waals surface area contributed by atoms with Crippen LogP contribution in [0.2, 0.25) is 5.02 Å². The first kappa shape index (κ1) is 20.1. The second-order valence-electron chi connectivity index (χ2n) is 5.60. The minimum Gasteiger partial charge on any atom is -0.493 e. The van der Waals surface area contributed by atoms with Crippen molar-refractivity contribution >= 4 is 29.3 Å². The molecule has 0 saturated carbocycles. The molecule has 0 radical (unpaired) electrons. The molecule has 0 aliphatic carbocycles. The van der Waals surface area contributed by atoms with Gasteiger partial charge in [-0.2, -0.15) is 5.26 Å². The highest BCUT2D eigenvalue weighted by molar-refractivity contribution is 6.31. The van der Waals surface area contributed by atoms with Gasteiger partial charge in [-0.15, -0.1) is 0 Å². The van der Waals surface area contributed by atoms with E-state index in [1.807, 2.05) is 13.0 Å². The van der Waals surface area contributed by atoms with E-state index in [4.69, 9.17) is 21.1 Å². The van der Waals surface area contributed by atoms with Gasteiger partial charge in [-0.25, -0.2) is 0 Å². The quantitative estimate of drug-likeness (QED) is 0.425. The second-order valence-corrected chi connectivity index (χ2v) is 6.01. The number of halogens is 1. The van der Waals surface area contributed by atoms with Gasteiger partial charge in [0.25, 0.3) is 5.91 Å². The molecule has 1 amide bonds. The topological polar surface area (TPSA) is 71.3 Å². The van der Waals surface area contributed by atoms with Crippen LogP contribution >= 0.6 is 11.6 Å². The molecule has 0 spiro atoms. The lowest BCUT2D eigenvalue weighted by molar-refractivity contribution is -0.112. The van der Waals surface area contributed by atoms with Crippen LogP contribution in [0.4, 0.5) is 5.69 Å². The molecule has 0 aliphatic rings. The number of carbonyl (C=O) groups is 1. The van der Waals surface area contributed by atoms with Crippen molar-refractivity contribution in [1.29, 1.82) is 5.26 Å². The average Bonchev–Trinajstić information content (AvgIpc) is 2.67. The van der Waals surface area contributed by atoms with E-state index >= 15 is 0 Å². The number of methoxy groups -OCH3 is 1. The Bertz CT molecular complexity index is 930. The molecule has 27 heavy (non-hydrogen) atoms. The zero-order valence-corrected chi connectivity index (χ0v) is 15.8. The highest BCUT2D eigenvalue weighted by Crippen LogP contribution is 2.29. The Morgan fingerprint density at radius 1 is 1.30 bits per heavy atom. The van der Waals surface area contributed by atoms with Crippen molar-refractivity contribution in [2.75, 3.05) is 19.0 Å². The summed E-state index contributed by atoms with van der Waals surface area (Å²) in [5.41, 5.74) is 2.00. The number of anilines is 1. The summed E-state index contributed by atoms with van der Waals surface area (Å²) in [5, 5.41) is 12.6. The third-order valence-electron chi connectivity index (χ3n) is 3.65. The van der Waals surface area contributed by atoms with E-state index in [1.54, 1.807) is 42.5 Å². The lowest BCUT2D eigenvalue weighted by Gasteiger charge is -2.10. The molecule has 2 aromatic rings. The number of aryl methyl sites for hydroxylation is 1. The van der Waals surface area contributed by atoms with Crippen LogP contribution in [0.25, 0.3) is 6.08 Å². The fraction of sp³-hybridized carbons (Fsp3) is 0.143. The van der Waals surface area contributed by atoms with Crippen molar-refractivity contribution in [1.82, 2.24) is 0 Å². The molecule has 0 aromatic heterocycles. The summed E-state index contributed by atoms with van der Waals surface area (Å²) in [6.07, 6.45) is 3.10. The Balaban J connectivity index is 2.23. The van der Waals surface area contributed by atoms with Gasteiger partial charge in [0.15, 0.2) is 11.5 Å². The zero-order valence-electron chi connectivity index (χ0n) is 15.1.